The Kier molecular flexibility index (Phi) is 3.20. The van der Waals surface area contributed by atoms with Gasteiger partial charge in [-0.1, -0.05) is 0 Å². The molecule has 0 saturated carbocycles. The van der Waals surface area contributed by atoms with Gasteiger partial charge in [0.15, 0.2) is 5.78 Å². The van der Waals surface area contributed by atoms with Gasteiger partial charge in [-0.15, -0.1) is 0 Å². The van der Waals surface area contributed by atoms with E-state index < -0.39 is 0 Å². The molecule has 0 aromatic rings. The normalized spacial score (nSPS) is 11.7. The summed E-state index contributed by atoms with van der Waals surface area (Å²) >= 11 is 0. The lowest BCUT2D eigenvalue weighted by Gasteiger charge is -1.98. The van der Waals surface area contributed by atoms with Crippen LogP contribution in [0.15, 0.2) is 11.3 Å². The van der Waals surface area contributed by atoms with Crippen LogP contribution in [0.3, 0.4) is 0 Å². The summed E-state index contributed by atoms with van der Waals surface area (Å²) in [7, 11) is 0. The van der Waals surface area contributed by atoms with Crippen LogP contribution in [0.25, 0.3) is 0 Å². The second kappa shape index (κ2) is 3.67. The number of hydrogen-bond acceptors (Lipinski definition) is 3. The fourth-order valence-corrected chi connectivity index (χ4v) is 0.621. The van der Waals surface area contributed by atoms with Crippen molar-refractivity contribution in [3.8, 4) is 6.07 Å². The number of Topliss-reactive ketones (excluding diaryl/α,β-unsaturated/α-hetero) is 1. The third-order valence-electron chi connectivity index (χ3n) is 1.16. The molecule has 0 radical (unpaired) electrons. The molecule has 3 nitrogen and oxygen atoms in total. The molecule has 0 spiro atoms. The number of nitrogens with two attached hydrogens (primary N) is 1. The van der Waals surface area contributed by atoms with E-state index in [1.165, 1.54) is 6.92 Å². The van der Waals surface area contributed by atoms with Crippen LogP contribution >= 0.6 is 0 Å². The van der Waals surface area contributed by atoms with Gasteiger partial charge in [0.05, 0.1) is 12.5 Å². The maximum Gasteiger partial charge on any atom is 0.158 e. The molecule has 0 atom stereocenters. The minimum atomic E-state index is -0.124. The lowest BCUT2D eigenvalue weighted by atomic mass is 10.1. The number of allylic oxidation sites excluding steroid dienone is 2. The van der Waals surface area contributed by atoms with Crippen molar-refractivity contribution in [2.45, 2.75) is 20.3 Å². The average Bonchev–Trinajstić information content (AvgIpc) is 1.81. The van der Waals surface area contributed by atoms with E-state index in [0.717, 1.165) is 0 Å². The van der Waals surface area contributed by atoms with Gasteiger partial charge >= 0.3 is 0 Å². The van der Waals surface area contributed by atoms with Gasteiger partial charge in [0, 0.05) is 11.3 Å². The van der Waals surface area contributed by atoms with Crippen LogP contribution in [0.2, 0.25) is 0 Å². The summed E-state index contributed by atoms with van der Waals surface area (Å²) in [5.41, 5.74) is 6.19. The van der Waals surface area contributed by atoms with Gasteiger partial charge in [-0.3, -0.25) is 4.79 Å². The summed E-state index contributed by atoms with van der Waals surface area (Å²) in [4.78, 5) is 10.7. The highest BCUT2D eigenvalue weighted by Gasteiger charge is 2.04. The molecule has 10 heavy (non-hydrogen) atoms. The molecule has 0 unspecified atom stereocenters. The van der Waals surface area contributed by atoms with Gasteiger partial charge in [-0.25, -0.2) is 0 Å². The first-order valence-electron chi connectivity index (χ1n) is 2.92. The van der Waals surface area contributed by atoms with E-state index in [2.05, 4.69) is 0 Å². The summed E-state index contributed by atoms with van der Waals surface area (Å²) in [6.45, 7) is 3.02. The Labute approximate surface area is 60.1 Å². The summed E-state index contributed by atoms with van der Waals surface area (Å²) in [5, 5.41) is 8.24. The van der Waals surface area contributed by atoms with Gasteiger partial charge < -0.3 is 5.73 Å². The lowest BCUT2D eigenvalue weighted by molar-refractivity contribution is -0.113. The predicted molar refractivity (Wildman–Crippen MR) is 37.8 cm³/mol. The van der Waals surface area contributed by atoms with E-state index in [1.54, 1.807) is 6.92 Å². The largest absolute Gasteiger partial charge is 0.402 e. The number of rotatable bonds is 2. The van der Waals surface area contributed by atoms with E-state index in [9.17, 15) is 4.79 Å². The number of nitrogens with zero attached hydrogens (tertiary/aromatic N) is 1. The van der Waals surface area contributed by atoms with Crippen molar-refractivity contribution >= 4 is 5.78 Å². The molecule has 0 aliphatic carbocycles. The first kappa shape index (κ1) is 8.70. The smallest absolute Gasteiger partial charge is 0.158 e. The molecular formula is C7H10N2O. The Morgan fingerprint density at radius 1 is 1.60 bits per heavy atom. The molecule has 0 amide bonds. The first-order valence-corrected chi connectivity index (χ1v) is 2.92. The highest BCUT2D eigenvalue weighted by atomic mass is 16.1. The molecule has 0 saturated heterocycles. The molecule has 0 aromatic heterocycles. The Morgan fingerprint density at radius 2 is 2.10 bits per heavy atom. The molecule has 0 rings (SSSR count). The summed E-state index contributed by atoms with van der Waals surface area (Å²) < 4.78 is 0. The van der Waals surface area contributed by atoms with Gasteiger partial charge in [0.2, 0.25) is 0 Å². The monoisotopic (exact) mass is 138 g/mol. The Morgan fingerprint density at radius 3 is 2.20 bits per heavy atom. The number of hydrogen-bond donors (Lipinski definition) is 1. The summed E-state index contributed by atoms with van der Waals surface area (Å²) in [6.07, 6.45) is 0.109. The molecule has 0 aromatic carbocycles. The fourth-order valence-electron chi connectivity index (χ4n) is 0.621. The molecule has 0 aliphatic heterocycles. The molecule has 0 fully saturated rings. The molecule has 0 bridgehead atoms. The zero-order valence-electron chi connectivity index (χ0n) is 6.14. The lowest BCUT2D eigenvalue weighted by Crippen LogP contribution is -2.05. The van der Waals surface area contributed by atoms with Crippen molar-refractivity contribution in [1.82, 2.24) is 0 Å². The molecule has 54 valence electrons. The average molecular weight is 138 g/mol. The molecule has 0 aliphatic rings. The maximum absolute atomic E-state index is 10.7. The quantitative estimate of drug-likeness (QED) is 0.572. The summed E-state index contributed by atoms with van der Waals surface area (Å²) in [5.74, 6) is -0.124. The molecular weight excluding hydrogens is 128 g/mol. The topological polar surface area (TPSA) is 66.9 Å². The predicted octanol–water partition coefficient (Wildman–Crippen LogP) is 0.722. The fraction of sp³-hybridized carbons (Fsp3) is 0.429. The van der Waals surface area contributed by atoms with Crippen molar-refractivity contribution in [2.24, 2.45) is 5.73 Å². The van der Waals surface area contributed by atoms with Crippen molar-refractivity contribution in [1.29, 1.82) is 5.26 Å². The third-order valence-corrected chi connectivity index (χ3v) is 1.16. The van der Waals surface area contributed by atoms with E-state index in [0.29, 0.717) is 11.3 Å². The molecule has 3 heteroatoms. The van der Waals surface area contributed by atoms with Gasteiger partial charge in [0.1, 0.15) is 0 Å². The van der Waals surface area contributed by atoms with Crippen LogP contribution in [-0.4, -0.2) is 5.78 Å². The van der Waals surface area contributed by atoms with E-state index in [1.807, 2.05) is 6.07 Å². The maximum atomic E-state index is 10.7. The zero-order chi connectivity index (χ0) is 8.15. The van der Waals surface area contributed by atoms with E-state index in [4.69, 9.17) is 11.0 Å². The number of carbonyl (C=O) groups is 1. The van der Waals surface area contributed by atoms with Crippen molar-refractivity contribution in [2.75, 3.05) is 0 Å². The van der Waals surface area contributed by atoms with Gasteiger partial charge in [0.25, 0.3) is 0 Å². The zero-order valence-corrected chi connectivity index (χ0v) is 6.14. The van der Waals surface area contributed by atoms with E-state index in [-0.39, 0.29) is 12.2 Å². The van der Waals surface area contributed by atoms with Crippen LogP contribution in [0, 0.1) is 11.3 Å². The van der Waals surface area contributed by atoms with Gasteiger partial charge in [-0.2, -0.15) is 5.26 Å². The second-order valence-corrected chi connectivity index (χ2v) is 2.05. The number of ketones is 1. The SMILES string of the molecule is CC(=O)/C(CC#N)=C(\C)N. The van der Waals surface area contributed by atoms with E-state index >= 15 is 0 Å². The van der Waals surface area contributed by atoms with Crippen LogP contribution < -0.4 is 5.73 Å². The summed E-state index contributed by atoms with van der Waals surface area (Å²) in [6, 6.07) is 1.87. The minimum Gasteiger partial charge on any atom is -0.402 e. The standard InChI is InChI=1S/C7H10N2O/c1-5(9)7(3-4-8)6(2)10/h3,9H2,1-2H3/b7-5+. The first-order chi connectivity index (χ1) is 4.59. The van der Waals surface area contributed by atoms with Crippen LogP contribution in [0.4, 0.5) is 0 Å². The van der Waals surface area contributed by atoms with Crippen LogP contribution in [0.5, 0.6) is 0 Å². The highest BCUT2D eigenvalue weighted by molar-refractivity contribution is 5.94. The number of nitriles is 1. The minimum absolute atomic E-state index is 0.109. The molecule has 0 heterocycles. The van der Waals surface area contributed by atoms with Crippen LogP contribution in [-0.2, 0) is 4.79 Å². The second-order valence-electron chi connectivity index (χ2n) is 2.05. The van der Waals surface area contributed by atoms with Crippen molar-refractivity contribution < 1.29 is 4.79 Å². The Hall–Kier alpha value is -1.30. The molecule has 2 N–H and O–H groups in total. The highest BCUT2D eigenvalue weighted by Crippen LogP contribution is 2.04. The Balaban J connectivity index is 4.48. The van der Waals surface area contributed by atoms with Crippen LogP contribution in [0.1, 0.15) is 20.3 Å². The van der Waals surface area contributed by atoms with Crippen molar-refractivity contribution in [3.63, 3.8) is 0 Å². The third kappa shape index (κ3) is 2.31. The van der Waals surface area contributed by atoms with Crippen molar-refractivity contribution in [3.05, 3.63) is 11.3 Å². The van der Waals surface area contributed by atoms with Gasteiger partial charge in [-0.05, 0) is 13.8 Å². The number of carbonyl (C=O) groups excluding carboxylic acids is 1. The Bertz CT molecular complexity index is 206.